The van der Waals surface area contributed by atoms with Crippen molar-refractivity contribution >= 4 is 18.3 Å². The molecule has 4 nitrogen and oxygen atoms in total. The number of hydrogen-bond acceptors (Lipinski definition) is 3. The number of halogens is 1. The largest absolute Gasteiger partial charge is 0.381 e. The minimum absolute atomic E-state index is 0. The van der Waals surface area contributed by atoms with Crippen LogP contribution in [-0.2, 0) is 14.9 Å². The fourth-order valence-electron chi connectivity index (χ4n) is 2.71. The average molecular weight is 313 g/mol. The molecule has 0 aliphatic carbocycles. The highest BCUT2D eigenvalue weighted by Gasteiger charge is 2.41. The Kier molecular flexibility index (Phi) is 7.15. The number of likely N-dealkylation sites (N-methyl/N-ethyl adjacent to an activating group) is 1. The maximum Gasteiger partial charge on any atom is 0.230 e. The molecular formula is C16H25ClN2O2. The number of ether oxygens (including phenoxy) is 1. The molecule has 0 saturated carbocycles. The van der Waals surface area contributed by atoms with Crippen molar-refractivity contribution in [2.75, 3.05) is 33.4 Å². The second-order valence-electron chi connectivity index (χ2n) is 5.42. The number of nitrogens with one attached hydrogen (secondary N) is 2. The minimum atomic E-state index is -0.431. The number of amides is 1. The summed E-state index contributed by atoms with van der Waals surface area (Å²) in [5, 5.41) is 6.10. The van der Waals surface area contributed by atoms with E-state index >= 15 is 0 Å². The molecule has 0 unspecified atom stereocenters. The number of hydrogen-bond donors (Lipinski definition) is 2. The summed E-state index contributed by atoms with van der Waals surface area (Å²) in [4.78, 5) is 12.7. The Labute approximate surface area is 133 Å². The summed E-state index contributed by atoms with van der Waals surface area (Å²) in [5.41, 5.74) is 1.89. The Hall–Kier alpha value is -1.10. The minimum Gasteiger partial charge on any atom is -0.381 e. The maximum atomic E-state index is 12.7. The molecule has 118 valence electrons. The van der Waals surface area contributed by atoms with Crippen molar-refractivity contribution in [3.63, 3.8) is 0 Å². The molecule has 1 aromatic carbocycles. The van der Waals surface area contributed by atoms with Crippen LogP contribution in [0.3, 0.4) is 0 Å². The van der Waals surface area contributed by atoms with Gasteiger partial charge in [0.2, 0.25) is 5.91 Å². The van der Waals surface area contributed by atoms with E-state index in [0.717, 1.165) is 24.9 Å². The van der Waals surface area contributed by atoms with Crippen LogP contribution in [0.2, 0.25) is 0 Å². The second kappa shape index (κ2) is 8.37. The molecule has 1 saturated heterocycles. The highest BCUT2D eigenvalue weighted by molar-refractivity contribution is 5.88. The number of aryl methyl sites for hydroxylation is 1. The van der Waals surface area contributed by atoms with E-state index in [0.29, 0.717) is 19.8 Å². The number of benzene rings is 1. The van der Waals surface area contributed by atoms with Gasteiger partial charge in [-0.15, -0.1) is 12.4 Å². The van der Waals surface area contributed by atoms with Crippen LogP contribution >= 0.6 is 12.4 Å². The first-order valence-corrected chi connectivity index (χ1v) is 7.27. The van der Waals surface area contributed by atoms with E-state index < -0.39 is 5.41 Å². The smallest absolute Gasteiger partial charge is 0.230 e. The van der Waals surface area contributed by atoms with E-state index in [9.17, 15) is 4.79 Å². The fourth-order valence-corrected chi connectivity index (χ4v) is 2.71. The van der Waals surface area contributed by atoms with Gasteiger partial charge in [0.05, 0.1) is 5.41 Å². The second-order valence-corrected chi connectivity index (χ2v) is 5.42. The third-order valence-electron chi connectivity index (χ3n) is 4.05. The molecule has 21 heavy (non-hydrogen) atoms. The van der Waals surface area contributed by atoms with Crippen LogP contribution < -0.4 is 10.6 Å². The van der Waals surface area contributed by atoms with E-state index in [4.69, 9.17) is 4.74 Å². The lowest BCUT2D eigenvalue weighted by Gasteiger charge is -2.36. The van der Waals surface area contributed by atoms with Crippen LogP contribution in [0.5, 0.6) is 0 Å². The molecule has 2 rings (SSSR count). The number of carbonyl (C=O) groups is 1. The molecule has 0 atom stereocenters. The van der Waals surface area contributed by atoms with Crippen LogP contribution in [0, 0.1) is 6.92 Å². The first-order valence-electron chi connectivity index (χ1n) is 7.27. The fraction of sp³-hybridized carbons (Fsp3) is 0.562. The van der Waals surface area contributed by atoms with E-state index in [2.05, 4.69) is 41.8 Å². The van der Waals surface area contributed by atoms with Crippen molar-refractivity contribution in [2.24, 2.45) is 0 Å². The van der Waals surface area contributed by atoms with Crippen LogP contribution in [0.1, 0.15) is 24.0 Å². The van der Waals surface area contributed by atoms with Gasteiger partial charge < -0.3 is 15.4 Å². The van der Waals surface area contributed by atoms with Gasteiger partial charge in [-0.2, -0.15) is 0 Å². The Balaban J connectivity index is 0.00000220. The van der Waals surface area contributed by atoms with Crippen LogP contribution in [0.25, 0.3) is 0 Å². The monoisotopic (exact) mass is 312 g/mol. The Bertz CT molecular complexity index is 442. The lowest BCUT2D eigenvalue weighted by atomic mass is 9.73. The number of carbonyl (C=O) groups excluding carboxylic acids is 1. The quantitative estimate of drug-likeness (QED) is 0.815. The molecule has 1 aliphatic heterocycles. The molecular weight excluding hydrogens is 288 g/mol. The van der Waals surface area contributed by atoms with E-state index in [-0.39, 0.29) is 18.3 Å². The third kappa shape index (κ3) is 4.19. The molecule has 0 aromatic heterocycles. The van der Waals surface area contributed by atoms with Gasteiger partial charge in [0.15, 0.2) is 0 Å². The Morgan fingerprint density at radius 1 is 1.19 bits per heavy atom. The first-order chi connectivity index (χ1) is 9.69. The summed E-state index contributed by atoms with van der Waals surface area (Å²) in [6, 6.07) is 8.32. The van der Waals surface area contributed by atoms with Gasteiger partial charge in [0.1, 0.15) is 0 Å². The molecule has 1 aliphatic rings. The third-order valence-corrected chi connectivity index (χ3v) is 4.05. The van der Waals surface area contributed by atoms with Gasteiger partial charge in [-0.1, -0.05) is 29.8 Å². The van der Waals surface area contributed by atoms with E-state index in [1.807, 2.05) is 7.05 Å². The zero-order chi connectivity index (χ0) is 14.4. The average Bonchev–Trinajstić information content (AvgIpc) is 2.49. The van der Waals surface area contributed by atoms with Crippen molar-refractivity contribution in [1.29, 1.82) is 0 Å². The molecule has 1 amide bonds. The molecule has 1 fully saturated rings. The van der Waals surface area contributed by atoms with Crippen LogP contribution in [0.4, 0.5) is 0 Å². The van der Waals surface area contributed by atoms with Crippen LogP contribution in [0.15, 0.2) is 24.3 Å². The topological polar surface area (TPSA) is 50.4 Å². The lowest BCUT2D eigenvalue weighted by molar-refractivity contribution is -0.130. The predicted molar refractivity (Wildman–Crippen MR) is 87.1 cm³/mol. The Morgan fingerprint density at radius 3 is 2.38 bits per heavy atom. The standard InChI is InChI=1S/C16H24N2O2.ClH/c1-13-3-5-14(6-4-13)16(7-11-20-12-8-16)15(19)18-10-9-17-2;/h3-6,17H,7-12H2,1-2H3,(H,18,19);1H. The molecule has 5 heteroatoms. The van der Waals surface area contributed by atoms with Crippen molar-refractivity contribution in [1.82, 2.24) is 10.6 Å². The molecule has 0 radical (unpaired) electrons. The van der Waals surface area contributed by atoms with Crippen LogP contribution in [-0.4, -0.2) is 39.3 Å². The summed E-state index contributed by atoms with van der Waals surface area (Å²) in [6.45, 7) is 4.80. The van der Waals surface area contributed by atoms with Gasteiger partial charge in [-0.3, -0.25) is 4.79 Å². The number of rotatable bonds is 5. The highest BCUT2D eigenvalue weighted by atomic mass is 35.5. The van der Waals surface area contributed by atoms with Gasteiger partial charge in [-0.25, -0.2) is 0 Å². The van der Waals surface area contributed by atoms with E-state index in [1.54, 1.807) is 0 Å². The zero-order valence-electron chi connectivity index (χ0n) is 12.8. The van der Waals surface area contributed by atoms with Gasteiger partial charge in [0.25, 0.3) is 0 Å². The summed E-state index contributed by atoms with van der Waals surface area (Å²) in [7, 11) is 1.89. The summed E-state index contributed by atoms with van der Waals surface area (Å²) >= 11 is 0. The van der Waals surface area contributed by atoms with Crippen molar-refractivity contribution in [3.8, 4) is 0 Å². The summed E-state index contributed by atoms with van der Waals surface area (Å²) in [6.07, 6.45) is 1.50. The van der Waals surface area contributed by atoms with Gasteiger partial charge >= 0.3 is 0 Å². The molecule has 1 heterocycles. The Morgan fingerprint density at radius 2 is 1.81 bits per heavy atom. The van der Waals surface area contributed by atoms with Gasteiger partial charge in [0, 0.05) is 26.3 Å². The molecule has 0 spiro atoms. The summed E-state index contributed by atoms with van der Waals surface area (Å²) < 4.78 is 5.45. The maximum absolute atomic E-state index is 12.7. The SMILES string of the molecule is CNCCNC(=O)C1(c2ccc(C)cc2)CCOCC1.Cl. The highest BCUT2D eigenvalue weighted by Crippen LogP contribution is 2.35. The lowest BCUT2D eigenvalue weighted by Crippen LogP contribution is -2.49. The van der Waals surface area contributed by atoms with E-state index in [1.165, 1.54) is 5.56 Å². The predicted octanol–water partition coefficient (Wildman–Crippen LogP) is 1.80. The first kappa shape index (κ1) is 18.0. The van der Waals surface area contributed by atoms with Gasteiger partial charge in [-0.05, 0) is 32.4 Å². The van der Waals surface area contributed by atoms with Crippen molar-refractivity contribution < 1.29 is 9.53 Å². The zero-order valence-corrected chi connectivity index (χ0v) is 13.6. The molecule has 1 aromatic rings. The van der Waals surface area contributed by atoms with Crippen molar-refractivity contribution in [2.45, 2.75) is 25.2 Å². The summed E-state index contributed by atoms with van der Waals surface area (Å²) in [5.74, 6) is 0.125. The molecule has 0 bridgehead atoms. The van der Waals surface area contributed by atoms with Crippen molar-refractivity contribution in [3.05, 3.63) is 35.4 Å². The normalized spacial score (nSPS) is 16.9. The molecule has 2 N–H and O–H groups in total.